The van der Waals surface area contributed by atoms with Crippen LogP contribution in [0.15, 0.2) is 49.6 Å². The van der Waals surface area contributed by atoms with Gasteiger partial charge < -0.3 is 10.6 Å². The maximum Gasteiger partial charge on any atom is 0.330 e. The standard InChI is InChI=1S/C23H29N5O3S2/c1-4-5-11-27(19-20(24)28(12-15(2)3)22(31)26-21(19)30)18(29)14-33-23-25-17(13-32-23)16-9-7-6-8-10-16/h6-10,13,15H,4-5,11-12,14,24H2,1-3H3,(H,26,30,31). The molecule has 0 radical (unpaired) electrons. The lowest BCUT2D eigenvalue weighted by Crippen LogP contribution is -2.42. The van der Waals surface area contributed by atoms with E-state index >= 15 is 0 Å². The summed E-state index contributed by atoms with van der Waals surface area (Å²) in [6.45, 7) is 6.60. The summed E-state index contributed by atoms with van der Waals surface area (Å²) in [6, 6.07) is 9.84. The minimum Gasteiger partial charge on any atom is -0.383 e. The number of anilines is 2. The first-order valence-corrected chi connectivity index (χ1v) is 12.7. The van der Waals surface area contributed by atoms with Crippen molar-refractivity contribution in [1.82, 2.24) is 14.5 Å². The SMILES string of the molecule is CCCCN(C(=O)CSc1nc(-c2ccccc2)cs1)c1c(N)n(CC(C)C)c(=O)[nH]c1=O. The van der Waals surface area contributed by atoms with Gasteiger partial charge in [0.1, 0.15) is 5.82 Å². The second-order valence-corrected chi connectivity index (χ2v) is 10.1. The van der Waals surface area contributed by atoms with Gasteiger partial charge in [-0.25, -0.2) is 9.78 Å². The predicted octanol–water partition coefficient (Wildman–Crippen LogP) is 3.82. The molecule has 2 heterocycles. The van der Waals surface area contributed by atoms with Crippen molar-refractivity contribution >= 4 is 40.5 Å². The molecule has 1 aromatic carbocycles. The van der Waals surface area contributed by atoms with Crippen molar-refractivity contribution in [2.45, 2.75) is 44.5 Å². The topological polar surface area (TPSA) is 114 Å². The van der Waals surface area contributed by atoms with Gasteiger partial charge in [0.05, 0.1) is 11.4 Å². The van der Waals surface area contributed by atoms with E-state index in [-0.39, 0.29) is 29.1 Å². The Morgan fingerprint density at radius 2 is 2.00 bits per heavy atom. The molecule has 2 aromatic heterocycles. The van der Waals surface area contributed by atoms with E-state index in [0.717, 1.165) is 22.0 Å². The monoisotopic (exact) mass is 487 g/mol. The zero-order chi connectivity index (χ0) is 24.0. The lowest BCUT2D eigenvalue weighted by atomic mass is 10.2. The van der Waals surface area contributed by atoms with Gasteiger partial charge in [-0.2, -0.15) is 0 Å². The number of nitrogen functional groups attached to an aromatic ring is 1. The number of amides is 1. The van der Waals surface area contributed by atoms with Gasteiger partial charge in [-0.3, -0.25) is 19.1 Å². The molecule has 0 saturated carbocycles. The number of carbonyl (C=O) groups excluding carboxylic acids is 1. The molecule has 0 bridgehead atoms. The number of nitrogens with zero attached hydrogens (tertiary/aromatic N) is 3. The second kappa shape index (κ2) is 11.3. The van der Waals surface area contributed by atoms with Crippen LogP contribution in [-0.4, -0.2) is 32.7 Å². The maximum atomic E-state index is 13.2. The van der Waals surface area contributed by atoms with Gasteiger partial charge in [-0.15, -0.1) is 11.3 Å². The number of rotatable bonds is 10. The number of hydrogen-bond donors (Lipinski definition) is 2. The van der Waals surface area contributed by atoms with E-state index < -0.39 is 11.2 Å². The van der Waals surface area contributed by atoms with Gasteiger partial charge in [-0.05, 0) is 12.3 Å². The Hall–Kier alpha value is -2.85. The summed E-state index contributed by atoms with van der Waals surface area (Å²) in [5.74, 6) is 0.0142. The molecule has 0 unspecified atom stereocenters. The molecule has 0 aliphatic carbocycles. The third-order valence-corrected chi connectivity index (χ3v) is 6.95. The highest BCUT2D eigenvalue weighted by Gasteiger charge is 2.24. The van der Waals surface area contributed by atoms with Crippen LogP contribution in [0.2, 0.25) is 0 Å². The van der Waals surface area contributed by atoms with Gasteiger partial charge in [0.25, 0.3) is 5.56 Å². The Balaban J connectivity index is 1.83. The Morgan fingerprint density at radius 1 is 1.27 bits per heavy atom. The number of H-pyrrole nitrogens is 1. The summed E-state index contributed by atoms with van der Waals surface area (Å²) in [4.78, 5) is 46.5. The van der Waals surface area contributed by atoms with Crippen LogP contribution < -0.4 is 21.9 Å². The first-order chi connectivity index (χ1) is 15.8. The van der Waals surface area contributed by atoms with E-state index in [2.05, 4.69) is 9.97 Å². The minimum absolute atomic E-state index is 0.0208. The van der Waals surface area contributed by atoms with E-state index in [1.54, 1.807) is 0 Å². The first-order valence-electron chi connectivity index (χ1n) is 10.9. The molecule has 0 spiro atoms. The number of hydrogen-bond acceptors (Lipinski definition) is 7. The Morgan fingerprint density at radius 3 is 2.67 bits per heavy atom. The number of nitrogens with one attached hydrogen (secondary N) is 1. The third-order valence-electron chi connectivity index (χ3n) is 4.94. The number of thiazole rings is 1. The molecule has 0 atom stereocenters. The van der Waals surface area contributed by atoms with Crippen LogP contribution in [0.25, 0.3) is 11.3 Å². The summed E-state index contributed by atoms with van der Waals surface area (Å²) < 4.78 is 2.09. The molecule has 3 aromatic rings. The molecule has 0 fully saturated rings. The van der Waals surface area contributed by atoms with E-state index in [4.69, 9.17) is 5.73 Å². The summed E-state index contributed by atoms with van der Waals surface area (Å²) in [6.07, 6.45) is 1.54. The lowest BCUT2D eigenvalue weighted by Gasteiger charge is -2.24. The van der Waals surface area contributed by atoms with Crippen molar-refractivity contribution in [3.63, 3.8) is 0 Å². The fraction of sp³-hybridized carbons (Fsp3) is 0.391. The molecule has 176 valence electrons. The molecule has 0 aliphatic heterocycles. The molecular formula is C23H29N5O3S2. The summed E-state index contributed by atoms with van der Waals surface area (Å²) in [5, 5.41) is 1.96. The predicted molar refractivity (Wildman–Crippen MR) is 136 cm³/mol. The van der Waals surface area contributed by atoms with Crippen molar-refractivity contribution in [2.75, 3.05) is 22.9 Å². The van der Waals surface area contributed by atoms with Crippen molar-refractivity contribution in [3.05, 3.63) is 56.5 Å². The van der Waals surface area contributed by atoms with Crippen molar-refractivity contribution in [1.29, 1.82) is 0 Å². The normalized spacial score (nSPS) is 11.2. The Labute approximate surface area is 200 Å². The molecule has 8 nitrogen and oxygen atoms in total. The van der Waals surface area contributed by atoms with Crippen molar-refractivity contribution in [3.8, 4) is 11.3 Å². The van der Waals surface area contributed by atoms with Crippen LogP contribution in [0.1, 0.15) is 33.6 Å². The Bertz CT molecular complexity index is 1200. The zero-order valence-corrected chi connectivity index (χ0v) is 20.7. The van der Waals surface area contributed by atoms with E-state index in [9.17, 15) is 14.4 Å². The van der Waals surface area contributed by atoms with Crippen LogP contribution in [0.4, 0.5) is 11.5 Å². The first kappa shape index (κ1) is 24.8. The van der Waals surface area contributed by atoms with Crippen LogP contribution >= 0.6 is 23.1 Å². The number of aromatic nitrogens is 3. The van der Waals surface area contributed by atoms with Crippen LogP contribution in [-0.2, 0) is 11.3 Å². The van der Waals surface area contributed by atoms with Gasteiger partial charge in [0.15, 0.2) is 10.0 Å². The van der Waals surface area contributed by atoms with Crippen LogP contribution in [0, 0.1) is 5.92 Å². The van der Waals surface area contributed by atoms with E-state index in [1.165, 1.54) is 32.6 Å². The Kier molecular flexibility index (Phi) is 8.51. The quantitative estimate of drug-likeness (QED) is 0.420. The van der Waals surface area contributed by atoms with Gasteiger partial charge in [0, 0.05) is 24.0 Å². The van der Waals surface area contributed by atoms with E-state index in [1.807, 2.05) is 56.5 Å². The average Bonchev–Trinajstić information content (AvgIpc) is 3.26. The number of nitrogens with two attached hydrogens (primary N) is 1. The van der Waals surface area contributed by atoms with Crippen molar-refractivity contribution in [2.24, 2.45) is 5.92 Å². The highest BCUT2D eigenvalue weighted by Crippen LogP contribution is 2.29. The molecule has 10 heteroatoms. The molecule has 33 heavy (non-hydrogen) atoms. The smallest absolute Gasteiger partial charge is 0.330 e. The van der Waals surface area contributed by atoms with Crippen LogP contribution in [0.3, 0.4) is 0 Å². The highest BCUT2D eigenvalue weighted by molar-refractivity contribution is 8.01. The summed E-state index contributed by atoms with van der Waals surface area (Å²) in [5.41, 5.74) is 6.96. The number of benzene rings is 1. The fourth-order valence-corrected chi connectivity index (χ4v) is 5.04. The highest BCUT2D eigenvalue weighted by atomic mass is 32.2. The molecule has 0 aliphatic rings. The van der Waals surface area contributed by atoms with Crippen LogP contribution in [0.5, 0.6) is 0 Å². The molecule has 1 amide bonds. The molecular weight excluding hydrogens is 458 g/mol. The number of thioether (sulfide) groups is 1. The maximum absolute atomic E-state index is 13.2. The van der Waals surface area contributed by atoms with Gasteiger partial charge >= 0.3 is 5.69 Å². The summed E-state index contributed by atoms with van der Waals surface area (Å²) in [7, 11) is 0. The number of unbranched alkanes of at least 4 members (excludes halogenated alkanes) is 1. The van der Waals surface area contributed by atoms with Crippen molar-refractivity contribution < 1.29 is 4.79 Å². The second-order valence-electron chi connectivity index (χ2n) is 8.05. The summed E-state index contributed by atoms with van der Waals surface area (Å²) >= 11 is 2.80. The third kappa shape index (κ3) is 6.14. The lowest BCUT2D eigenvalue weighted by molar-refractivity contribution is -0.116. The van der Waals surface area contributed by atoms with Gasteiger partial charge in [-0.1, -0.05) is 69.3 Å². The minimum atomic E-state index is -0.646. The largest absolute Gasteiger partial charge is 0.383 e. The molecule has 0 saturated heterocycles. The zero-order valence-electron chi connectivity index (χ0n) is 19.0. The van der Waals surface area contributed by atoms with Gasteiger partial charge in [0.2, 0.25) is 5.91 Å². The average molecular weight is 488 g/mol. The number of aromatic amines is 1. The van der Waals surface area contributed by atoms with E-state index in [0.29, 0.717) is 19.5 Å². The molecule has 3 N–H and O–H groups in total. The molecule has 3 rings (SSSR count). The number of carbonyl (C=O) groups is 1. The fourth-order valence-electron chi connectivity index (χ4n) is 3.33.